The smallest absolute Gasteiger partial charge is 0.246 e. The number of hydrogen-bond donors (Lipinski definition) is 2. The molecule has 4 aromatic heterocycles. The van der Waals surface area contributed by atoms with Crippen LogP contribution in [-0.2, 0) is 4.79 Å². The standard InChI is InChI=1S/C29H31N9O2/c1-20-16-22(5-6-25(20)40-23-9-14-37-26(17-23)31-18-33-37)35-29-28-24(10-15-38(28)34-19-32-29)21-7-12-36(13-8-21)27(39)4-3-11-30-2/h3-6,9-10,14-19,21,30H,7-8,11-13H2,1-2H3,(H,32,34,35)/p+1/b4-3+. The lowest BCUT2D eigenvalue weighted by molar-refractivity contribution is -0.617. The van der Waals surface area contributed by atoms with E-state index in [1.807, 2.05) is 77.5 Å². The van der Waals surface area contributed by atoms with Gasteiger partial charge in [-0.15, -0.1) is 0 Å². The highest BCUT2D eigenvalue weighted by molar-refractivity contribution is 5.87. The Kier molecular flexibility index (Phi) is 7.11. The number of aromatic nitrogens is 6. The number of benzene rings is 1. The minimum Gasteiger partial charge on any atom is -0.457 e. The van der Waals surface area contributed by atoms with Gasteiger partial charge >= 0.3 is 0 Å². The molecule has 0 bridgehead atoms. The quantitative estimate of drug-likeness (QED) is 0.292. The predicted molar refractivity (Wildman–Crippen MR) is 151 cm³/mol. The first-order valence-corrected chi connectivity index (χ1v) is 13.5. The van der Waals surface area contributed by atoms with Gasteiger partial charge < -0.3 is 20.3 Å². The van der Waals surface area contributed by atoms with Gasteiger partial charge in [0.2, 0.25) is 5.91 Å². The number of amides is 1. The van der Waals surface area contributed by atoms with Crippen LogP contribution in [0, 0.1) is 6.92 Å². The number of hydrogen-bond acceptors (Lipinski definition) is 7. The zero-order chi connectivity index (χ0) is 27.5. The van der Waals surface area contributed by atoms with Gasteiger partial charge in [-0.05, 0) is 73.2 Å². The number of likely N-dealkylation sites (tertiary alicyclic amines) is 1. The molecule has 1 amide bonds. The van der Waals surface area contributed by atoms with Gasteiger partial charge in [-0.3, -0.25) is 4.79 Å². The van der Waals surface area contributed by atoms with E-state index in [9.17, 15) is 4.79 Å². The molecule has 11 heteroatoms. The van der Waals surface area contributed by atoms with E-state index < -0.39 is 0 Å². The third kappa shape index (κ3) is 5.23. The molecule has 6 rings (SSSR count). The fourth-order valence-corrected chi connectivity index (χ4v) is 5.19. The van der Waals surface area contributed by atoms with Crippen molar-refractivity contribution in [3.05, 3.63) is 84.7 Å². The summed E-state index contributed by atoms with van der Waals surface area (Å²) in [5.74, 6) is 2.62. The second-order valence-corrected chi connectivity index (χ2v) is 9.95. The lowest BCUT2D eigenvalue weighted by Crippen LogP contribution is -2.79. The molecule has 0 unspecified atom stereocenters. The van der Waals surface area contributed by atoms with Crippen LogP contribution in [0.1, 0.15) is 29.9 Å². The maximum absolute atomic E-state index is 12.5. The molecule has 0 atom stereocenters. The Labute approximate surface area is 231 Å². The summed E-state index contributed by atoms with van der Waals surface area (Å²) in [6.07, 6.45) is 12.3. The Bertz CT molecular complexity index is 1680. The van der Waals surface area contributed by atoms with E-state index >= 15 is 0 Å². The van der Waals surface area contributed by atoms with Crippen molar-refractivity contribution in [3.8, 4) is 11.5 Å². The lowest BCUT2D eigenvalue weighted by atomic mass is 9.90. The largest absolute Gasteiger partial charge is 0.457 e. The van der Waals surface area contributed by atoms with Crippen molar-refractivity contribution in [3.63, 3.8) is 0 Å². The Hall–Kier alpha value is -4.77. The second kappa shape index (κ2) is 11.1. The number of quaternary nitrogens is 1. The molecule has 1 aromatic carbocycles. The van der Waals surface area contributed by atoms with Crippen LogP contribution >= 0.6 is 0 Å². The van der Waals surface area contributed by atoms with E-state index in [2.05, 4.69) is 31.5 Å². The number of piperidine rings is 1. The number of pyridine rings is 1. The topological polar surface area (TPSA) is 119 Å². The number of nitrogens with one attached hydrogen (secondary N) is 1. The minimum atomic E-state index is 0.0922. The molecule has 0 spiro atoms. The van der Waals surface area contributed by atoms with Gasteiger partial charge in [-0.25, -0.2) is 19.0 Å². The third-order valence-corrected chi connectivity index (χ3v) is 7.28. The summed E-state index contributed by atoms with van der Waals surface area (Å²) in [5, 5.41) is 14.1. The highest BCUT2D eigenvalue weighted by Crippen LogP contribution is 2.35. The van der Waals surface area contributed by atoms with Crippen molar-refractivity contribution in [2.45, 2.75) is 25.7 Å². The summed E-state index contributed by atoms with van der Waals surface area (Å²) in [6.45, 7) is 4.30. The van der Waals surface area contributed by atoms with Crippen molar-refractivity contribution in [1.82, 2.24) is 34.1 Å². The number of ether oxygens (including phenoxy) is 1. The highest BCUT2D eigenvalue weighted by atomic mass is 16.5. The molecular weight excluding hydrogens is 506 g/mol. The number of nitrogens with two attached hydrogens (primary N) is 1. The van der Waals surface area contributed by atoms with Gasteiger partial charge in [0.25, 0.3) is 0 Å². The van der Waals surface area contributed by atoms with Crippen LogP contribution in [0.3, 0.4) is 0 Å². The number of nitrogens with zero attached hydrogens (tertiary/aromatic N) is 7. The molecule has 1 saturated heterocycles. The van der Waals surface area contributed by atoms with E-state index in [1.165, 1.54) is 11.9 Å². The summed E-state index contributed by atoms with van der Waals surface area (Å²) in [6, 6.07) is 11.8. The number of aryl methyl sites for hydroxylation is 1. The summed E-state index contributed by atoms with van der Waals surface area (Å²) in [5.41, 5.74) is 4.78. The first-order chi connectivity index (χ1) is 19.6. The normalized spacial score (nSPS) is 14.4. The second-order valence-electron chi connectivity index (χ2n) is 9.95. The molecule has 0 radical (unpaired) electrons. The third-order valence-electron chi connectivity index (χ3n) is 7.28. The van der Waals surface area contributed by atoms with Gasteiger partial charge in [0, 0.05) is 43.3 Å². The first-order valence-electron chi connectivity index (χ1n) is 13.5. The Morgan fingerprint density at radius 2 is 1.88 bits per heavy atom. The molecule has 204 valence electrons. The molecule has 5 aromatic rings. The lowest BCUT2D eigenvalue weighted by Gasteiger charge is -2.31. The maximum atomic E-state index is 12.5. The van der Waals surface area contributed by atoms with E-state index in [0.717, 1.165) is 66.5 Å². The van der Waals surface area contributed by atoms with Gasteiger partial charge in [-0.2, -0.15) is 10.2 Å². The van der Waals surface area contributed by atoms with E-state index in [-0.39, 0.29) is 5.91 Å². The molecule has 1 aliphatic heterocycles. The molecule has 1 fully saturated rings. The summed E-state index contributed by atoms with van der Waals surface area (Å²) < 4.78 is 9.69. The molecule has 0 aliphatic carbocycles. The highest BCUT2D eigenvalue weighted by Gasteiger charge is 2.26. The summed E-state index contributed by atoms with van der Waals surface area (Å²) >= 11 is 0. The van der Waals surface area contributed by atoms with Crippen LogP contribution in [0.5, 0.6) is 11.5 Å². The molecule has 11 nitrogen and oxygen atoms in total. The molecule has 0 saturated carbocycles. The van der Waals surface area contributed by atoms with Crippen LogP contribution in [-0.4, -0.2) is 66.7 Å². The fraction of sp³-hybridized carbons (Fsp3) is 0.276. The van der Waals surface area contributed by atoms with Crippen LogP contribution in [0.2, 0.25) is 0 Å². The Morgan fingerprint density at radius 1 is 1.07 bits per heavy atom. The van der Waals surface area contributed by atoms with E-state index in [0.29, 0.717) is 11.7 Å². The molecular formula is C29H32N9O2+. The van der Waals surface area contributed by atoms with Crippen LogP contribution in [0.25, 0.3) is 11.2 Å². The number of rotatable bonds is 8. The van der Waals surface area contributed by atoms with E-state index in [4.69, 9.17) is 4.74 Å². The van der Waals surface area contributed by atoms with Gasteiger partial charge in [0.05, 0.1) is 13.6 Å². The first kappa shape index (κ1) is 25.5. The number of likely N-dealkylation sites (N-methyl/N-ethyl adjacent to an activating group) is 1. The van der Waals surface area contributed by atoms with Gasteiger partial charge in [0.15, 0.2) is 11.5 Å². The summed E-state index contributed by atoms with van der Waals surface area (Å²) in [4.78, 5) is 23.3. The zero-order valence-electron chi connectivity index (χ0n) is 22.6. The number of fused-ring (bicyclic) bond motifs is 2. The Morgan fingerprint density at radius 3 is 2.70 bits per heavy atom. The predicted octanol–water partition coefficient (Wildman–Crippen LogP) is 3.07. The van der Waals surface area contributed by atoms with E-state index in [1.54, 1.807) is 16.9 Å². The fourth-order valence-electron chi connectivity index (χ4n) is 5.19. The van der Waals surface area contributed by atoms with Crippen molar-refractivity contribution >= 4 is 28.6 Å². The van der Waals surface area contributed by atoms with Crippen molar-refractivity contribution < 1.29 is 14.8 Å². The molecule has 1 aliphatic rings. The maximum Gasteiger partial charge on any atom is 0.246 e. The average molecular weight is 539 g/mol. The number of carbonyl (C=O) groups excluding carboxylic acids is 1. The molecule has 40 heavy (non-hydrogen) atoms. The summed E-state index contributed by atoms with van der Waals surface area (Å²) in [7, 11) is 1.99. The monoisotopic (exact) mass is 538 g/mol. The van der Waals surface area contributed by atoms with Crippen LogP contribution < -0.4 is 15.4 Å². The molecule has 3 N–H and O–H groups in total. The average Bonchev–Trinajstić information content (AvgIpc) is 3.62. The minimum absolute atomic E-state index is 0.0922. The molecule has 5 heterocycles. The van der Waals surface area contributed by atoms with Gasteiger partial charge in [0.1, 0.15) is 29.7 Å². The van der Waals surface area contributed by atoms with Crippen LogP contribution in [0.15, 0.2) is 73.6 Å². The van der Waals surface area contributed by atoms with Crippen molar-refractivity contribution in [2.75, 3.05) is 32.0 Å². The Balaban J connectivity index is 1.18. The number of anilines is 2. The van der Waals surface area contributed by atoms with Crippen molar-refractivity contribution in [2.24, 2.45) is 0 Å². The zero-order valence-corrected chi connectivity index (χ0v) is 22.6. The SMILES string of the molecule is C[NH2+]C/C=C/C(=O)N1CCC(c2ccn3ncnc(Nc4ccc(Oc5ccn6ncnc6c5)c(C)c4)c23)CC1. The number of carbonyl (C=O) groups is 1. The van der Waals surface area contributed by atoms with Crippen molar-refractivity contribution in [1.29, 1.82) is 0 Å². The van der Waals surface area contributed by atoms with Crippen LogP contribution in [0.4, 0.5) is 11.5 Å². The van der Waals surface area contributed by atoms with Gasteiger partial charge in [-0.1, -0.05) is 0 Å².